The Labute approximate surface area is 164 Å². The molecule has 2 aromatic rings. The van der Waals surface area contributed by atoms with Gasteiger partial charge in [-0.25, -0.2) is 8.78 Å². The molecule has 146 valence electrons. The van der Waals surface area contributed by atoms with E-state index in [1.54, 1.807) is 12.1 Å². The minimum atomic E-state index is -2.59. The van der Waals surface area contributed by atoms with E-state index in [9.17, 15) is 8.78 Å². The number of anilines is 1. The molecule has 6 heteroatoms. The first-order valence-corrected chi connectivity index (χ1v) is 9.32. The average molecular weight is 393 g/mol. The SMILES string of the molecule is CCc1cc(C(F)F)c(OCc2c(CC)cccc2NC(=S)OC)cc1C. The molecule has 0 aromatic heterocycles. The highest BCUT2D eigenvalue weighted by molar-refractivity contribution is 7.80. The van der Waals surface area contributed by atoms with Gasteiger partial charge in [0.2, 0.25) is 0 Å². The van der Waals surface area contributed by atoms with Crippen LogP contribution in [0.3, 0.4) is 0 Å². The van der Waals surface area contributed by atoms with Gasteiger partial charge in [-0.15, -0.1) is 0 Å². The lowest BCUT2D eigenvalue weighted by Crippen LogP contribution is -2.14. The number of methoxy groups -OCH3 is 1. The molecule has 0 atom stereocenters. The van der Waals surface area contributed by atoms with Crippen molar-refractivity contribution in [1.29, 1.82) is 0 Å². The van der Waals surface area contributed by atoms with Gasteiger partial charge in [-0.05, 0) is 66.9 Å². The molecule has 0 unspecified atom stereocenters. The zero-order valence-electron chi connectivity index (χ0n) is 16.1. The lowest BCUT2D eigenvalue weighted by Gasteiger charge is -2.18. The molecule has 0 radical (unpaired) electrons. The van der Waals surface area contributed by atoms with Crippen molar-refractivity contribution in [3.63, 3.8) is 0 Å². The molecule has 1 N–H and O–H groups in total. The van der Waals surface area contributed by atoms with Crippen molar-refractivity contribution in [2.75, 3.05) is 12.4 Å². The average Bonchev–Trinajstić information content (AvgIpc) is 2.66. The van der Waals surface area contributed by atoms with Crippen LogP contribution < -0.4 is 10.1 Å². The maximum Gasteiger partial charge on any atom is 0.267 e. The fraction of sp³-hybridized carbons (Fsp3) is 0.381. The van der Waals surface area contributed by atoms with E-state index in [0.717, 1.165) is 34.4 Å². The van der Waals surface area contributed by atoms with Gasteiger partial charge in [-0.3, -0.25) is 0 Å². The highest BCUT2D eigenvalue weighted by Crippen LogP contribution is 2.33. The molecule has 2 aromatic carbocycles. The quantitative estimate of drug-likeness (QED) is 0.586. The molecule has 0 saturated heterocycles. The maximum absolute atomic E-state index is 13.5. The summed E-state index contributed by atoms with van der Waals surface area (Å²) in [6.07, 6.45) is -1.11. The summed E-state index contributed by atoms with van der Waals surface area (Å²) in [5.74, 6) is 0.214. The third kappa shape index (κ3) is 5.16. The highest BCUT2D eigenvalue weighted by Gasteiger charge is 2.18. The lowest BCUT2D eigenvalue weighted by atomic mass is 10.0. The van der Waals surface area contributed by atoms with Crippen LogP contribution in [-0.2, 0) is 24.2 Å². The Morgan fingerprint density at radius 1 is 1.15 bits per heavy atom. The molecule has 0 amide bonds. The Morgan fingerprint density at radius 3 is 2.44 bits per heavy atom. The first-order valence-electron chi connectivity index (χ1n) is 8.91. The fourth-order valence-corrected chi connectivity index (χ4v) is 3.10. The summed E-state index contributed by atoms with van der Waals surface area (Å²) in [7, 11) is 1.49. The number of nitrogens with one attached hydrogen (secondary N) is 1. The topological polar surface area (TPSA) is 30.5 Å². The van der Waals surface area contributed by atoms with Crippen LogP contribution >= 0.6 is 12.2 Å². The molecular weight excluding hydrogens is 368 g/mol. The molecule has 0 saturated carbocycles. The number of rotatable bonds is 7. The third-order valence-electron chi connectivity index (χ3n) is 4.53. The minimum Gasteiger partial charge on any atom is -0.488 e. The molecule has 0 aliphatic rings. The molecule has 0 spiro atoms. The zero-order valence-corrected chi connectivity index (χ0v) is 16.9. The summed E-state index contributed by atoms with van der Waals surface area (Å²) in [5, 5.41) is 3.26. The molecule has 0 fully saturated rings. The molecule has 0 aliphatic heterocycles. The van der Waals surface area contributed by atoms with Crippen LogP contribution in [0.5, 0.6) is 5.75 Å². The van der Waals surface area contributed by atoms with Gasteiger partial charge in [0, 0.05) is 11.3 Å². The van der Waals surface area contributed by atoms with Gasteiger partial charge in [0.1, 0.15) is 12.4 Å². The van der Waals surface area contributed by atoms with Crippen LogP contribution in [0.25, 0.3) is 0 Å². The predicted molar refractivity (Wildman–Crippen MR) is 109 cm³/mol. The number of ether oxygens (including phenoxy) is 2. The first-order chi connectivity index (χ1) is 12.9. The van der Waals surface area contributed by atoms with E-state index in [4.69, 9.17) is 21.7 Å². The van der Waals surface area contributed by atoms with Crippen molar-refractivity contribution in [2.24, 2.45) is 0 Å². The number of hydrogen-bond donors (Lipinski definition) is 1. The van der Waals surface area contributed by atoms with E-state index in [1.165, 1.54) is 7.11 Å². The summed E-state index contributed by atoms with van der Waals surface area (Å²) >= 11 is 5.08. The normalized spacial score (nSPS) is 10.8. The van der Waals surface area contributed by atoms with E-state index in [0.29, 0.717) is 6.42 Å². The Balaban J connectivity index is 2.36. The van der Waals surface area contributed by atoms with Gasteiger partial charge in [0.25, 0.3) is 11.6 Å². The van der Waals surface area contributed by atoms with Gasteiger partial charge in [-0.1, -0.05) is 26.0 Å². The number of alkyl halides is 2. The van der Waals surface area contributed by atoms with Crippen molar-refractivity contribution in [2.45, 2.75) is 46.6 Å². The van der Waals surface area contributed by atoms with Crippen LogP contribution in [0.4, 0.5) is 14.5 Å². The van der Waals surface area contributed by atoms with Crippen molar-refractivity contribution in [1.82, 2.24) is 0 Å². The summed E-state index contributed by atoms with van der Waals surface area (Å²) in [6, 6.07) is 9.00. The Bertz CT molecular complexity index is 809. The molecule has 0 aliphatic carbocycles. The van der Waals surface area contributed by atoms with Crippen LogP contribution in [0.2, 0.25) is 0 Å². The second kappa shape index (κ2) is 9.65. The summed E-state index contributed by atoms with van der Waals surface area (Å²) in [5.41, 5.74) is 4.45. The molecule has 0 bridgehead atoms. The van der Waals surface area contributed by atoms with Crippen molar-refractivity contribution < 1.29 is 18.3 Å². The van der Waals surface area contributed by atoms with E-state index >= 15 is 0 Å². The Morgan fingerprint density at radius 2 is 1.85 bits per heavy atom. The van der Waals surface area contributed by atoms with E-state index < -0.39 is 6.43 Å². The summed E-state index contributed by atoms with van der Waals surface area (Å²) in [6.45, 7) is 6.04. The number of hydrogen-bond acceptors (Lipinski definition) is 3. The monoisotopic (exact) mass is 393 g/mol. The molecule has 2 rings (SSSR count). The largest absolute Gasteiger partial charge is 0.488 e. The van der Waals surface area contributed by atoms with Crippen LogP contribution in [0, 0.1) is 6.92 Å². The van der Waals surface area contributed by atoms with Gasteiger partial charge in [-0.2, -0.15) is 0 Å². The second-order valence-corrected chi connectivity index (χ2v) is 6.54. The number of halogens is 2. The smallest absolute Gasteiger partial charge is 0.267 e. The second-order valence-electron chi connectivity index (χ2n) is 6.17. The first kappa shape index (κ1) is 21.1. The Hall–Kier alpha value is -2.21. The minimum absolute atomic E-state index is 0.0756. The zero-order chi connectivity index (χ0) is 20.0. The third-order valence-corrected chi connectivity index (χ3v) is 4.80. The summed E-state index contributed by atoms with van der Waals surface area (Å²) in [4.78, 5) is 0. The number of benzene rings is 2. The number of thiocarbonyl (C=S) groups is 1. The molecular formula is C21H25F2NO2S. The summed E-state index contributed by atoms with van der Waals surface area (Å²) < 4.78 is 37.9. The van der Waals surface area contributed by atoms with Crippen LogP contribution in [0.15, 0.2) is 30.3 Å². The van der Waals surface area contributed by atoms with Gasteiger partial charge in [0.15, 0.2) is 0 Å². The van der Waals surface area contributed by atoms with Gasteiger partial charge in [0.05, 0.1) is 12.7 Å². The fourth-order valence-electron chi connectivity index (χ4n) is 2.99. The highest BCUT2D eigenvalue weighted by atomic mass is 32.1. The van der Waals surface area contributed by atoms with E-state index in [2.05, 4.69) is 5.32 Å². The van der Waals surface area contributed by atoms with E-state index in [1.807, 2.05) is 39.0 Å². The van der Waals surface area contributed by atoms with Crippen LogP contribution in [0.1, 0.15) is 48.1 Å². The maximum atomic E-state index is 13.5. The molecule has 0 heterocycles. The molecule has 3 nitrogen and oxygen atoms in total. The standard InChI is InChI=1S/C21H25F2NO2S/c1-5-14-8-7-9-18(24-21(27)25-4)17(14)12-26-19-10-13(3)15(6-2)11-16(19)20(22)23/h7-11,20H,5-6,12H2,1-4H3,(H,24,27). The van der Waals surface area contributed by atoms with E-state index in [-0.39, 0.29) is 23.1 Å². The van der Waals surface area contributed by atoms with Gasteiger partial charge < -0.3 is 14.8 Å². The van der Waals surface area contributed by atoms with Crippen molar-refractivity contribution >= 4 is 23.1 Å². The lowest BCUT2D eigenvalue weighted by molar-refractivity contribution is 0.144. The molecule has 27 heavy (non-hydrogen) atoms. The Kier molecular flexibility index (Phi) is 7.54. The van der Waals surface area contributed by atoms with Crippen LogP contribution in [-0.4, -0.2) is 12.3 Å². The van der Waals surface area contributed by atoms with Gasteiger partial charge >= 0.3 is 0 Å². The van der Waals surface area contributed by atoms with Crippen molar-refractivity contribution in [3.05, 3.63) is 58.1 Å². The number of aryl methyl sites for hydroxylation is 3. The predicted octanol–water partition coefficient (Wildman–Crippen LogP) is 5.98. The van der Waals surface area contributed by atoms with Crippen molar-refractivity contribution in [3.8, 4) is 5.75 Å².